The first-order valence-corrected chi connectivity index (χ1v) is 9.00. The second-order valence-electron chi connectivity index (χ2n) is 4.39. The number of thiophene rings is 1. The summed E-state index contributed by atoms with van der Waals surface area (Å²) >= 11 is 8.35. The summed E-state index contributed by atoms with van der Waals surface area (Å²) in [5, 5.41) is 9.74. The highest BCUT2D eigenvalue weighted by Crippen LogP contribution is 2.20. The van der Waals surface area contributed by atoms with E-state index in [4.69, 9.17) is 4.84 Å². The molecule has 0 fully saturated rings. The van der Waals surface area contributed by atoms with Crippen LogP contribution >= 0.6 is 43.2 Å². The van der Waals surface area contributed by atoms with Gasteiger partial charge in [-0.25, -0.2) is 5.43 Å². The van der Waals surface area contributed by atoms with E-state index in [1.54, 1.807) is 17.6 Å². The second-order valence-corrected chi connectivity index (χ2v) is 7.10. The molecule has 2 aromatic rings. The lowest BCUT2D eigenvalue weighted by Crippen LogP contribution is -2.22. The molecule has 8 heteroatoms. The standard InChI is InChI=1S/C15H13Br2N3O2S/c1-10(14-3-2-6-23-14)20-22-9-15(21)19-18-8-11-4-5-12(16)7-13(11)17/h2-8H,9H2,1H3,(H,19,21). The maximum absolute atomic E-state index is 11.6. The van der Waals surface area contributed by atoms with Crippen molar-refractivity contribution in [1.29, 1.82) is 0 Å². The molecule has 5 nitrogen and oxygen atoms in total. The number of carbonyl (C=O) groups excluding carboxylic acids is 1. The molecule has 0 aliphatic rings. The number of rotatable bonds is 6. The molecule has 1 aromatic heterocycles. The molecule has 0 aliphatic heterocycles. The molecule has 0 spiro atoms. The third-order valence-corrected chi connectivity index (χ3v) is 4.79. The van der Waals surface area contributed by atoms with E-state index in [-0.39, 0.29) is 12.5 Å². The fourth-order valence-corrected chi connectivity index (χ4v) is 3.35. The van der Waals surface area contributed by atoms with Gasteiger partial charge in [-0.05, 0) is 30.5 Å². The summed E-state index contributed by atoms with van der Waals surface area (Å²) in [7, 11) is 0. The third kappa shape index (κ3) is 5.89. The fraction of sp³-hybridized carbons (Fsp3) is 0.133. The van der Waals surface area contributed by atoms with Gasteiger partial charge in [-0.3, -0.25) is 4.79 Å². The van der Waals surface area contributed by atoms with Crippen LogP contribution in [0.4, 0.5) is 0 Å². The lowest BCUT2D eigenvalue weighted by Gasteiger charge is -2.01. The number of hydrazone groups is 1. The SMILES string of the molecule is CC(=NOCC(=O)NN=Cc1ccc(Br)cc1Br)c1cccs1. The van der Waals surface area contributed by atoms with E-state index in [1.165, 1.54) is 0 Å². The van der Waals surface area contributed by atoms with Crippen LogP contribution in [0, 0.1) is 0 Å². The van der Waals surface area contributed by atoms with Crippen LogP contribution in [0.3, 0.4) is 0 Å². The first-order valence-electron chi connectivity index (χ1n) is 6.53. The number of nitrogens with zero attached hydrogens (tertiary/aromatic N) is 2. The number of nitrogens with one attached hydrogen (secondary N) is 1. The monoisotopic (exact) mass is 457 g/mol. The summed E-state index contributed by atoms with van der Waals surface area (Å²) in [4.78, 5) is 17.6. The van der Waals surface area contributed by atoms with E-state index in [0.717, 1.165) is 25.1 Å². The van der Waals surface area contributed by atoms with Gasteiger partial charge in [0.05, 0.1) is 16.8 Å². The quantitative estimate of drug-likeness (QED) is 0.521. The number of benzene rings is 1. The smallest absolute Gasteiger partial charge is 0.280 e. The van der Waals surface area contributed by atoms with Gasteiger partial charge < -0.3 is 4.84 Å². The molecular weight excluding hydrogens is 446 g/mol. The van der Waals surface area contributed by atoms with E-state index >= 15 is 0 Å². The molecule has 120 valence electrons. The second kappa shape index (κ2) is 8.95. The number of hydrogen-bond donors (Lipinski definition) is 1. The highest BCUT2D eigenvalue weighted by atomic mass is 79.9. The Morgan fingerprint density at radius 3 is 2.91 bits per heavy atom. The van der Waals surface area contributed by atoms with Crippen LogP contribution in [0.5, 0.6) is 0 Å². The molecular formula is C15H13Br2N3O2S. The van der Waals surface area contributed by atoms with Crippen molar-refractivity contribution in [3.8, 4) is 0 Å². The fourth-order valence-electron chi connectivity index (χ4n) is 1.53. The Bertz CT molecular complexity index is 730. The largest absolute Gasteiger partial charge is 0.385 e. The van der Waals surface area contributed by atoms with Gasteiger partial charge in [0.15, 0.2) is 6.61 Å². The molecule has 0 atom stereocenters. The van der Waals surface area contributed by atoms with E-state index in [1.807, 2.05) is 42.6 Å². The molecule has 0 unspecified atom stereocenters. The molecule has 0 radical (unpaired) electrons. The van der Waals surface area contributed by atoms with Crippen molar-refractivity contribution in [3.05, 3.63) is 55.1 Å². The predicted molar refractivity (Wildman–Crippen MR) is 100 cm³/mol. The minimum Gasteiger partial charge on any atom is -0.385 e. The number of amides is 1. The number of halogens is 2. The van der Waals surface area contributed by atoms with Gasteiger partial charge in [0.1, 0.15) is 0 Å². The lowest BCUT2D eigenvalue weighted by molar-refractivity contribution is -0.125. The van der Waals surface area contributed by atoms with Crippen molar-refractivity contribution >= 4 is 61.0 Å². The van der Waals surface area contributed by atoms with Crippen molar-refractivity contribution in [2.75, 3.05) is 6.61 Å². The van der Waals surface area contributed by atoms with E-state index in [2.05, 4.69) is 47.5 Å². The van der Waals surface area contributed by atoms with E-state index in [9.17, 15) is 4.79 Å². The van der Waals surface area contributed by atoms with Crippen LogP contribution in [0.1, 0.15) is 17.4 Å². The van der Waals surface area contributed by atoms with Gasteiger partial charge in [-0.2, -0.15) is 5.10 Å². The van der Waals surface area contributed by atoms with Gasteiger partial charge in [0.25, 0.3) is 5.91 Å². The predicted octanol–water partition coefficient (Wildman–Crippen LogP) is 4.16. The normalized spacial score (nSPS) is 11.7. The summed E-state index contributed by atoms with van der Waals surface area (Å²) in [5.41, 5.74) is 3.97. The summed E-state index contributed by atoms with van der Waals surface area (Å²) in [6.07, 6.45) is 1.55. The van der Waals surface area contributed by atoms with Crippen molar-refractivity contribution < 1.29 is 9.63 Å². The zero-order valence-electron chi connectivity index (χ0n) is 12.1. The Balaban J connectivity index is 1.79. The average molecular weight is 459 g/mol. The van der Waals surface area contributed by atoms with Crippen LogP contribution < -0.4 is 5.43 Å². The molecule has 1 amide bonds. The zero-order chi connectivity index (χ0) is 16.7. The maximum atomic E-state index is 11.6. The number of hydrogen-bond acceptors (Lipinski definition) is 5. The van der Waals surface area contributed by atoms with Crippen LogP contribution in [0.25, 0.3) is 0 Å². The first-order chi connectivity index (χ1) is 11.1. The molecule has 0 bridgehead atoms. The van der Waals surface area contributed by atoms with Gasteiger partial charge in [0.2, 0.25) is 0 Å². The molecule has 23 heavy (non-hydrogen) atoms. The summed E-state index contributed by atoms with van der Waals surface area (Å²) < 4.78 is 1.83. The van der Waals surface area contributed by atoms with Crippen LogP contribution in [0.15, 0.2) is 54.9 Å². The Kier molecular flexibility index (Phi) is 6.94. The highest BCUT2D eigenvalue weighted by Gasteiger charge is 2.02. The molecule has 0 saturated heterocycles. The summed E-state index contributed by atoms with van der Waals surface area (Å²) in [6.45, 7) is 1.63. The molecule has 1 N–H and O–H groups in total. The Morgan fingerprint density at radius 2 is 2.22 bits per heavy atom. The van der Waals surface area contributed by atoms with Crippen molar-refractivity contribution in [3.63, 3.8) is 0 Å². The molecule has 0 saturated carbocycles. The highest BCUT2D eigenvalue weighted by molar-refractivity contribution is 9.11. The van der Waals surface area contributed by atoms with Crippen LogP contribution in [-0.2, 0) is 9.63 Å². The third-order valence-electron chi connectivity index (χ3n) is 2.63. The summed E-state index contributed by atoms with van der Waals surface area (Å²) in [5.74, 6) is -0.378. The van der Waals surface area contributed by atoms with Gasteiger partial charge in [0, 0.05) is 14.5 Å². The lowest BCUT2D eigenvalue weighted by atomic mass is 10.2. The van der Waals surface area contributed by atoms with Crippen molar-refractivity contribution in [2.24, 2.45) is 10.3 Å². The van der Waals surface area contributed by atoms with Crippen molar-refractivity contribution in [2.45, 2.75) is 6.92 Å². The molecule has 1 heterocycles. The van der Waals surface area contributed by atoms with E-state index < -0.39 is 0 Å². The van der Waals surface area contributed by atoms with Gasteiger partial charge in [-0.15, -0.1) is 11.3 Å². The topological polar surface area (TPSA) is 63.0 Å². The first kappa shape index (κ1) is 17.8. The minimum atomic E-state index is -0.378. The maximum Gasteiger partial charge on any atom is 0.280 e. The molecule has 1 aromatic carbocycles. The summed E-state index contributed by atoms with van der Waals surface area (Å²) in [6, 6.07) is 9.52. The Morgan fingerprint density at radius 1 is 1.39 bits per heavy atom. The molecule has 2 rings (SSSR count). The van der Waals surface area contributed by atoms with Crippen LogP contribution in [-0.4, -0.2) is 24.4 Å². The Hall–Kier alpha value is -1.51. The molecule has 0 aliphatic carbocycles. The van der Waals surface area contributed by atoms with Crippen LogP contribution in [0.2, 0.25) is 0 Å². The van der Waals surface area contributed by atoms with Gasteiger partial charge in [-0.1, -0.05) is 49.1 Å². The van der Waals surface area contributed by atoms with Gasteiger partial charge >= 0.3 is 0 Å². The zero-order valence-corrected chi connectivity index (χ0v) is 16.1. The number of carbonyl (C=O) groups is 1. The van der Waals surface area contributed by atoms with Crippen molar-refractivity contribution in [1.82, 2.24) is 5.43 Å². The van der Waals surface area contributed by atoms with E-state index in [0.29, 0.717) is 0 Å². The minimum absolute atomic E-state index is 0.193. The number of oxime groups is 1. The Labute approximate surface area is 154 Å². The average Bonchev–Trinajstić information content (AvgIpc) is 3.04.